The first-order chi connectivity index (χ1) is 21.3. The molecule has 2 aliphatic carbocycles. The molecule has 3 atom stereocenters. The molecular formula is C33H34N8O3. The first kappa shape index (κ1) is 26.8. The Morgan fingerprint density at radius 3 is 2.55 bits per heavy atom. The van der Waals surface area contributed by atoms with E-state index in [2.05, 4.69) is 21.7 Å². The summed E-state index contributed by atoms with van der Waals surface area (Å²) in [5.41, 5.74) is 17.5. The van der Waals surface area contributed by atoms with Crippen molar-refractivity contribution < 1.29 is 14.3 Å². The van der Waals surface area contributed by atoms with Gasteiger partial charge in [-0.2, -0.15) is 0 Å². The number of piperidine rings is 1. The van der Waals surface area contributed by atoms with Crippen molar-refractivity contribution in [1.29, 1.82) is 0 Å². The summed E-state index contributed by atoms with van der Waals surface area (Å²) < 4.78 is 10.1. The fraction of sp³-hybridized carbons (Fsp3) is 0.364. The van der Waals surface area contributed by atoms with Crippen LogP contribution in [0.3, 0.4) is 0 Å². The van der Waals surface area contributed by atoms with Crippen molar-refractivity contribution in [3.8, 4) is 28.5 Å². The number of carbonyl (C=O) groups excluding carboxylic acids is 2. The molecular weight excluding hydrogens is 556 g/mol. The van der Waals surface area contributed by atoms with Gasteiger partial charge in [-0.15, -0.1) is 0 Å². The number of benzene rings is 1. The van der Waals surface area contributed by atoms with E-state index < -0.39 is 5.91 Å². The molecule has 1 saturated heterocycles. The van der Waals surface area contributed by atoms with Gasteiger partial charge >= 0.3 is 0 Å². The second-order valence-corrected chi connectivity index (χ2v) is 12.5. The minimum Gasteiger partial charge on any atom is -0.494 e. The number of aryl methyl sites for hydroxylation is 1. The molecule has 5 aromatic rings. The number of aromatic nitrogens is 5. The van der Waals surface area contributed by atoms with Crippen molar-refractivity contribution in [2.45, 2.75) is 44.3 Å². The number of amides is 2. The Bertz CT molecular complexity index is 1970. The molecule has 0 radical (unpaired) electrons. The van der Waals surface area contributed by atoms with E-state index in [4.69, 9.17) is 26.2 Å². The Balaban J connectivity index is 1.22. The maximum absolute atomic E-state index is 13.7. The van der Waals surface area contributed by atoms with Gasteiger partial charge in [-0.05, 0) is 80.0 Å². The second-order valence-electron chi connectivity index (χ2n) is 12.5. The maximum Gasteiger partial charge on any atom is 0.267 e. The van der Waals surface area contributed by atoms with E-state index in [1.165, 1.54) is 12.8 Å². The van der Waals surface area contributed by atoms with Gasteiger partial charge in [0.05, 0.1) is 24.0 Å². The van der Waals surface area contributed by atoms with E-state index in [0.717, 1.165) is 58.7 Å². The quantitative estimate of drug-likeness (QED) is 0.294. The number of fused-ring (bicyclic) bond motifs is 4. The number of likely N-dealkylation sites (tertiary alicyclic amines) is 1. The Hall–Kier alpha value is -4.77. The van der Waals surface area contributed by atoms with Gasteiger partial charge in [-0.25, -0.2) is 9.97 Å². The first-order valence-electron chi connectivity index (χ1n) is 15.2. The van der Waals surface area contributed by atoms with E-state index >= 15 is 0 Å². The number of hydrogen-bond donors (Lipinski definition) is 2. The fourth-order valence-electron chi connectivity index (χ4n) is 7.17. The minimum absolute atomic E-state index is 0.0158. The number of nitrogens with zero attached hydrogens (tertiary/aromatic N) is 6. The summed E-state index contributed by atoms with van der Waals surface area (Å²) in [4.78, 5) is 41.5. The van der Waals surface area contributed by atoms with Gasteiger partial charge in [0, 0.05) is 54.9 Å². The van der Waals surface area contributed by atoms with Crippen LogP contribution in [0.15, 0.2) is 48.7 Å². The summed E-state index contributed by atoms with van der Waals surface area (Å²) >= 11 is 0. The Morgan fingerprint density at radius 1 is 1.05 bits per heavy atom. The average Bonchev–Trinajstić information content (AvgIpc) is 3.44. The van der Waals surface area contributed by atoms with Gasteiger partial charge in [0.1, 0.15) is 22.6 Å². The molecule has 2 bridgehead atoms. The molecule has 4 N–H and O–H groups in total. The van der Waals surface area contributed by atoms with Crippen LogP contribution in [0.1, 0.15) is 46.5 Å². The van der Waals surface area contributed by atoms with E-state index in [1.54, 1.807) is 19.4 Å². The van der Waals surface area contributed by atoms with E-state index in [1.807, 2.05) is 40.8 Å². The van der Waals surface area contributed by atoms with Crippen molar-refractivity contribution >= 4 is 33.9 Å². The van der Waals surface area contributed by atoms with Crippen LogP contribution in [0.4, 0.5) is 0 Å². The zero-order chi connectivity index (χ0) is 30.3. The van der Waals surface area contributed by atoms with Crippen molar-refractivity contribution in [2.24, 2.45) is 30.4 Å². The van der Waals surface area contributed by atoms with Gasteiger partial charge in [-0.1, -0.05) is 0 Å². The van der Waals surface area contributed by atoms with Crippen molar-refractivity contribution in [1.82, 2.24) is 29.0 Å². The predicted octanol–water partition coefficient (Wildman–Crippen LogP) is 3.73. The van der Waals surface area contributed by atoms with Crippen LogP contribution < -0.4 is 16.2 Å². The molecule has 2 saturated carbocycles. The van der Waals surface area contributed by atoms with Crippen LogP contribution in [0.25, 0.3) is 44.8 Å². The molecule has 1 aliphatic heterocycles. The summed E-state index contributed by atoms with van der Waals surface area (Å²) in [5.74, 6) is 1.77. The summed E-state index contributed by atoms with van der Waals surface area (Å²) in [6.07, 6.45) is 6.04. The van der Waals surface area contributed by atoms with Gasteiger partial charge in [0.25, 0.3) is 11.8 Å². The number of rotatable bonds is 7. The third kappa shape index (κ3) is 4.17. The lowest BCUT2D eigenvalue weighted by Gasteiger charge is -2.27. The molecule has 2 amide bonds. The van der Waals surface area contributed by atoms with Crippen LogP contribution in [0.2, 0.25) is 0 Å². The third-order valence-electron chi connectivity index (χ3n) is 9.74. The average molecular weight is 591 g/mol. The standard InChI is InChI=1S/C33H34N8O3/c1-39-29-24(11-21(13-27(29)44-2)33(43)41-16-20-7-10-25(41)28(20)34)38-32(39)26-12-18-5-8-22(19-6-9-23(30(35)42)36-14-19)37-31(18)40(26)15-17-3-4-17/h5-6,8-9,11-14,17,20,25,28H,3-4,7,10,15-16,34H2,1-2H3,(H2,35,42)/t20?,25?,28-/m1/s1. The fourth-order valence-corrected chi connectivity index (χ4v) is 7.17. The van der Waals surface area contributed by atoms with Crippen molar-refractivity contribution in [3.63, 3.8) is 0 Å². The summed E-state index contributed by atoms with van der Waals surface area (Å²) in [6.45, 7) is 1.54. The highest BCUT2D eigenvalue weighted by Gasteiger charge is 2.47. The van der Waals surface area contributed by atoms with Crippen LogP contribution in [0, 0.1) is 11.8 Å². The van der Waals surface area contributed by atoms with Gasteiger partial charge in [0.15, 0.2) is 5.82 Å². The zero-order valence-corrected chi connectivity index (χ0v) is 24.7. The third-order valence-corrected chi connectivity index (χ3v) is 9.74. The molecule has 1 aromatic carbocycles. The summed E-state index contributed by atoms with van der Waals surface area (Å²) in [5, 5.41) is 1.00. The van der Waals surface area contributed by atoms with E-state index in [9.17, 15) is 9.59 Å². The zero-order valence-electron chi connectivity index (χ0n) is 24.7. The first-order valence-corrected chi connectivity index (χ1v) is 15.2. The van der Waals surface area contributed by atoms with Gasteiger partial charge < -0.3 is 30.2 Å². The number of primary amides is 1. The lowest BCUT2D eigenvalue weighted by atomic mass is 10.1. The topological polar surface area (TPSA) is 147 Å². The molecule has 224 valence electrons. The molecule has 4 aromatic heterocycles. The lowest BCUT2D eigenvalue weighted by Crippen LogP contribution is -2.41. The van der Waals surface area contributed by atoms with Gasteiger partial charge in [0.2, 0.25) is 0 Å². The van der Waals surface area contributed by atoms with Crippen molar-refractivity contribution in [2.75, 3.05) is 13.7 Å². The van der Waals surface area contributed by atoms with Crippen LogP contribution in [-0.2, 0) is 13.6 Å². The Labute approximate surface area is 253 Å². The highest BCUT2D eigenvalue weighted by molar-refractivity contribution is 6.00. The number of carbonyl (C=O) groups is 2. The summed E-state index contributed by atoms with van der Waals surface area (Å²) in [6, 6.07) is 13.4. The molecule has 11 heteroatoms. The van der Waals surface area contributed by atoms with Crippen LogP contribution in [-0.4, -0.2) is 66.5 Å². The number of ether oxygens (including phenoxy) is 1. The number of methoxy groups -OCH3 is 1. The smallest absolute Gasteiger partial charge is 0.267 e. The second kappa shape index (κ2) is 9.88. The van der Waals surface area contributed by atoms with Crippen LogP contribution in [0.5, 0.6) is 5.75 Å². The summed E-state index contributed by atoms with van der Waals surface area (Å²) in [7, 11) is 3.61. The minimum atomic E-state index is -0.564. The monoisotopic (exact) mass is 590 g/mol. The number of nitrogens with two attached hydrogens (primary N) is 2. The molecule has 3 aliphatic rings. The number of imidazole rings is 1. The maximum atomic E-state index is 13.7. The van der Waals surface area contributed by atoms with E-state index in [-0.39, 0.29) is 23.7 Å². The SMILES string of the molecule is COc1cc(C(=O)N2CC3CCC2[C@@H]3N)cc2nc(-c3cc4ccc(-c5ccc(C(N)=O)nc5)nc4n3CC3CC3)n(C)c12. The number of pyridine rings is 2. The highest BCUT2D eigenvalue weighted by Crippen LogP contribution is 2.40. The molecule has 8 rings (SSSR count). The van der Waals surface area contributed by atoms with Crippen molar-refractivity contribution in [3.05, 3.63) is 59.9 Å². The predicted molar refractivity (Wildman–Crippen MR) is 166 cm³/mol. The van der Waals surface area contributed by atoms with Gasteiger partial charge in [-0.3, -0.25) is 14.6 Å². The molecule has 2 unspecified atom stereocenters. The highest BCUT2D eigenvalue weighted by atomic mass is 16.5. The van der Waals surface area contributed by atoms with Crippen LogP contribution >= 0.6 is 0 Å². The normalized spacial score (nSPS) is 21.1. The van der Waals surface area contributed by atoms with E-state index in [0.29, 0.717) is 35.2 Å². The molecule has 44 heavy (non-hydrogen) atoms. The Morgan fingerprint density at radius 2 is 1.89 bits per heavy atom. The largest absolute Gasteiger partial charge is 0.494 e. The molecule has 11 nitrogen and oxygen atoms in total. The number of hydrogen-bond acceptors (Lipinski definition) is 7. The lowest BCUT2D eigenvalue weighted by molar-refractivity contribution is 0.0700. The molecule has 3 fully saturated rings. The molecule has 0 spiro atoms. The Kier molecular flexibility index (Phi) is 6.02. The molecule has 5 heterocycles.